The van der Waals surface area contributed by atoms with Gasteiger partial charge in [0, 0.05) is 11.6 Å². The Kier molecular flexibility index (Phi) is 12.4. The van der Waals surface area contributed by atoms with Gasteiger partial charge in [-0.05, 0) is 62.6 Å². The molecule has 1 N–H and O–H groups in total. The Bertz CT molecular complexity index is 883. The van der Waals surface area contributed by atoms with Crippen LogP contribution in [0.5, 0.6) is 23.0 Å². The fraction of sp³-hybridized carbons (Fsp3) is 0.481. The largest absolute Gasteiger partial charge is 0.494 e. The van der Waals surface area contributed by atoms with Gasteiger partial charge < -0.3 is 18.9 Å². The molecule has 0 spiro atoms. The van der Waals surface area contributed by atoms with Crippen molar-refractivity contribution in [1.82, 2.24) is 5.43 Å². The highest BCUT2D eigenvalue weighted by molar-refractivity contribution is 5.86. The van der Waals surface area contributed by atoms with Crippen molar-refractivity contribution in [3.05, 3.63) is 48.0 Å². The SMILES string of the molecule is CCCCCOc1ccc(OC(C)C(=O)NN=Cc2ccc(OCCC)cc2OCCC)cc1. The second kappa shape index (κ2) is 15.6. The Balaban J connectivity index is 1.88. The van der Waals surface area contributed by atoms with Gasteiger partial charge in [0.25, 0.3) is 5.91 Å². The highest BCUT2D eigenvalue weighted by Crippen LogP contribution is 2.24. The minimum Gasteiger partial charge on any atom is -0.494 e. The smallest absolute Gasteiger partial charge is 0.280 e. The van der Waals surface area contributed by atoms with Crippen LogP contribution in [0.15, 0.2) is 47.6 Å². The van der Waals surface area contributed by atoms with E-state index < -0.39 is 6.10 Å². The normalized spacial score (nSPS) is 11.8. The van der Waals surface area contributed by atoms with Crippen molar-refractivity contribution in [3.63, 3.8) is 0 Å². The molecule has 2 rings (SSSR count). The molecule has 0 heterocycles. The van der Waals surface area contributed by atoms with Crippen LogP contribution in [0.4, 0.5) is 0 Å². The molecule has 0 aromatic heterocycles. The molecular formula is C27H38N2O5. The molecular weight excluding hydrogens is 432 g/mol. The van der Waals surface area contributed by atoms with E-state index in [1.165, 1.54) is 0 Å². The number of carbonyl (C=O) groups is 1. The van der Waals surface area contributed by atoms with Crippen LogP contribution in [0, 0.1) is 0 Å². The maximum atomic E-state index is 12.4. The predicted octanol–water partition coefficient (Wildman–Crippen LogP) is 5.75. The zero-order valence-electron chi connectivity index (χ0n) is 20.8. The number of rotatable bonds is 16. The summed E-state index contributed by atoms with van der Waals surface area (Å²) in [5, 5.41) is 4.08. The molecule has 2 aromatic carbocycles. The Labute approximate surface area is 203 Å². The minimum absolute atomic E-state index is 0.352. The maximum absolute atomic E-state index is 12.4. The van der Waals surface area contributed by atoms with Gasteiger partial charge in [-0.25, -0.2) is 5.43 Å². The van der Waals surface area contributed by atoms with E-state index in [2.05, 4.69) is 24.4 Å². The number of nitrogens with zero attached hydrogens (tertiary/aromatic N) is 1. The van der Waals surface area contributed by atoms with Gasteiger partial charge in [0.15, 0.2) is 6.10 Å². The first-order chi connectivity index (χ1) is 16.6. The summed E-state index contributed by atoms with van der Waals surface area (Å²) in [4.78, 5) is 12.4. The summed E-state index contributed by atoms with van der Waals surface area (Å²) < 4.78 is 22.9. The Morgan fingerprint density at radius 3 is 2.21 bits per heavy atom. The van der Waals surface area contributed by atoms with Gasteiger partial charge >= 0.3 is 0 Å². The number of nitrogens with one attached hydrogen (secondary N) is 1. The number of unbranched alkanes of at least 4 members (excludes halogenated alkanes) is 2. The lowest BCUT2D eigenvalue weighted by atomic mass is 10.2. The standard InChI is InChI=1S/C27H38N2O5/c1-5-8-9-18-32-23-12-14-24(15-13-23)34-21(4)27(30)29-28-20-22-10-11-25(31-16-6-2)19-26(22)33-17-7-3/h10-15,19-21H,5-9,16-18H2,1-4H3,(H,29,30). The van der Waals surface area contributed by atoms with Crippen LogP contribution in [0.3, 0.4) is 0 Å². The number of hydrogen-bond acceptors (Lipinski definition) is 6. The molecule has 0 aliphatic heterocycles. The summed E-state index contributed by atoms with van der Waals surface area (Å²) in [6, 6.07) is 12.8. The van der Waals surface area contributed by atoms with Gasteiger partial charge in [0.2, 0.25) is 0 Å². The summed E-state index contributed by atoms with van der Waals surface area (Å²) in [6.07, 6.45) is 6.01. The molecule has 1 amide bonds. The summed E-state index contributed by atoms with van der Waals surface area (Å²) >= 11 is 0. The van der Waals surface area contributed by atoms with Gasteiger partial charge in [-0.15, -0.1) is 0 Å². The first-order valence-electron chi connectivity index (χ1n) is 12.2. The van der Waals surface area contributed by atoms with Crippen LogP contribution in [0.1, 0.15) is 65.4 Å². The number of amides is 1. The van der Waals surface area contributed by atoms with Crippen LogP contribution in [-0.4, -0.2) is 38.0 Å². The van der Waals surface area contributed by atoms with E-state index in [-0.39, 0.29) is 5.91 Å². The van der Waals surface area contributed by atoms with Crippen molar-refractivity contribution in [1.29, 1.82) is 0 Å². The molecule has 1 unspecified atom stereocenters. The molecule has 0 aliphatic carbocycles. The second-order valence-corrected chi connectivity index (χ2v) is 7.92. The van der Waals surface area contributed by atoms with E-state index in [4.69, 9.17) is 18.9 Å². The highest BCUT2D eigenvalue weighted by Gasteiger charge is 2.14. The van der Waals surface area contributed by atoms with Crippen LogP contribution >= 0.6 is 0 Å². The maximum Gasteiger partial charge on any atom is 0.280 e. The molecule has 0 saturated carbocycles. The monoisotopic (exact) mass is 470 g/mol. The summed E-state index contributed by atoms with van der Waals surface area (Å²) in [6.45, 7) is 9.86. The number of hydrazone groups is 1. The average Bonchev–Trinajstić information content (AvgIpc) is 2.85. The van der Waals surface area contributed by atoms with Crippen molar-refractivity contribution >= 4 is 12.1 Å². The second-order valence-electron chi connectivity index (χ2n) is 7.92. The van der Waals surface area contributed by atoms with E-state index in [9.17, 15) is 4.79 Å². The molecule has 186 valence electrons. The van der Waals surface area contributed by atoms with Gasteiger partial charge in [-0.2, -0.15) is 5.10 Å². The Morgan fingerprint density at radius 1 is 0.853 bits per heavy atom. The lowest BCUT2D eigenvalue weighted by Crippen LogP contribution is -2.33. The first kappa shape index (κ1) is 27.0. The third-order valence-corrected chi connectivity index (χ3v) is 4.82. The number of ether oxygens (including phenoxy) is 4. The molecule has 34 heavy (non-hydrogen) atoms. The summed E-state index contributed by atoms with van der Waals surface area (Å²) in [7, 11) is 0. The Morgan fingerprint density at radius 2 is 1.50 bits per heavy atom. The zero-order valence-corrected chi connectivity index (χ0v) is 20.8. The van der Waals surface area contributed by atoms with E-state index >= 15 is 0 Å². The summed E-state index contributed by atoms with van der Waals surface area (Å²) in [5.74, 6) is 2.43. The van der Waals surface area contributed by atoms with E-state index in [1.54, 1.807) is 25.3 Å². The minimum atomic E-state index is -0.714. The molecule has 0 fully saturated rings. The summed E-state index contributed by atoms with van der Waals surface area (Å²) in [5.41, 5.74) is 3.28. The number of hydrogen-bond donors (Lipinski definition) is 1. The number of carbonyl (C=O) groups excluding carboxylic acids is 1. The lowest BCUT2D eigenvalue weighted by molar-refractivity contribution is -0.127. The zero-order chi connectivity index (χ0) is 24.6. The molecule has 0 aliphatic rings. The van der Waals surface area contributed by atoms with Crippen LogP contribution in [0.25, 0.3) is 0 Å². The third kappa shape index (κ3) is 9.73. The predicted molar refractivity (Wildman–Crippen MR) is 135 cm³/mol. The van der Waals surface area contributed by atoms with Crippen molar-refractivity contribution in [2.45, 2.75) is 65.9 Å². The van der Waals surface area contributed by atoms with Gasteiger partial charge in [-0.3, -0.25) is 4.79 Å². The van der Waals surface area contributed by atoms with Gasteiger partial charge in [-0.1, -0.05) is 33.6 Å². The third-order valence-electron chi connectivity index (χ3n) is 4.82. The van der Waals surface area contributed by atoms with Crippen LogP contribution in [0.2, 0.25) is 0 Å². The van der Waals surface area contributed by atoms with E-state index in [0.29, 0.717) is 31.3 Å². The van der Waals surface area contributed by atoms with Crippen molar-refractivity contribution in [2.75, 3.05) is 19.8 Å². The molecule has 0 radical (unpaired) electrons. The quantitative estimate of drug-likeness (QED) is 0.192. The van der Waals surface area contributed by atoms with Gasteiger partial charge in [0.1, 0.15) is 23.0 Å². The molecule has 2 aromatic rings. The highest BCUT2D eigenvalue weighted by atomic mass is 16.5. The molecule has 1 atom stereocenters. The lowest BCUT2D eigenvalue weighted by Gasteiger charge is -2.14. The topological polar surface area (TPSA) is 78.4 Å². The van der Waals surface area contributed by atoms with Crippen LogP contribution in [-0.2, 0) is 4.79 Å². The molecule has 0 bridgehead atoms. The molecule has 7 heteroatoms. The fourth-order valence-corrected chi connectivity index (χ4v) is 2.94. The van der Waals surface area contributed by atoms with Gasteiger partial charge in [0.05, 0.1) is 26.0 Å². The molecule has 7 nitrogen and oxygen atoms in total. The molecule has 0 saturated heterocycles. The van der Waals surface area contributed by atoms with Crippen molar-refractivity contribution in [3.8, 4) is 23.0 Å². The fourth-order valence-electron chi connectivity index (χ4n) is 2.94. The van der Waals surface area contributed by atoms with Crippen molar-refractivity contribution < 1.29 is 23.7 Å². The van der Waals surface area contributed by atoms with Crippen molar-refractivity contribution in [2.24, 2.45) is 5.10 Å². The van der Waals surface area contributed by atoms with E-state index in [1.807, 2.05) is 37.3 Å². The first-order valence-corrected chi connectivity index (χ1v) is 12.2. The number of benzene rings is 2. The average molecular weight is 471 g/mol. The Hall–Kier alpha value is -3.22. The van der Waals surface area contributed by atoms with Crippen LogP contribution < -0.4 is 24.4 Å². The van der Waals surface area contributed by atoms with E-state index in [0.717, 1.165) is 49.2 Å².